The van der Waals surface area contributed by atoms with Gasteiger partial charge in [0.2, 0.25) is 0 Å². The summed E-state index contributed by atoms with van der Waals surface area (Å²) in [7, 11) is -3.73. The van der Waals surface area contributed by atoms with Gasteiger partial charge in [-0.25, -0.2) is 8.42 Å². The molecule has 1 aliphatic heterocycles. The molecule has 0 saturated carbocycles. The molecule has 1 heterocycles. The number of hydrogen-bond acceptors (Lipinski definition) is 4. The third-order valence-corrected chi connectivity index (χ3v) is 7.94. The quantitative estimate of drug-likeness (QED) is 0.452. The normalized spacial score (nSPS) is 16.6. The van der Waals surface area contributed by atoms with E-state index in [-0.39, 0.29) is 10.8 Å². The van der Waals surface area contributed by atoms with Gasteiger partial charge in [-0.2, -0.15) is 0 Å². The second kappa shape index (κ2) is 10.6. The van der Waals surface area contributed by atoms with Crippen molar-refractivity contribution in [3.05, 3.63) is 89.0 Å². The second-order valence-electron chi connectivity index (χ2n) is 9.56. The number of likely N-dealkylation sites (tertiary alicyclic amines) is 1. The average molecular weight is 492 g/mol. The molecule has 0 aliphatic carbocycles. The van der Waals surface area contributed by atoms with Gasteiger partial charge in [-0.05, 0) is 104 Å². The molecule has 6 nitrogen and oxygen atoms in total. The van der Waals surface area contributed by atoms with Crippen molar-refractivity contribution >= 4 is 27.3 Å². The highest BCUT2D eigenvalue weighted by atomic mass is 32.2. The topological polar surface area (TPSA) is 78.5 Å². The van der Waals surface area contributed by atoms with E-state index < -0.39 is 10.0 Å². The lowest BCUT2D eigenvalue weighted by Crippen LogP contribution is -2.33. The molecule has 0 bridgehead atoms. The Kier molecular flexibility index (Phi) is 7.57. The summed E-state index contributed by atoms with van der Waals surface area (Å²) in [4.78, 5) is 15.3. The molecule has 0 aromatic heterocycles. The highest BCUT2D eigenvalue weighted by Crippen LogP contribution is 2.21. The molecule has 1 aliphatic rings. The van der Waals surface area contributed by atoms with Gasteiger partial charge in [-0.1, -0.05) is 25.1 Å². The minimum atomic E-state index is -3.73. The molecule has 3 aromatic rings. The summed E-state index contributed by atoms with van der Waals surface area (Å²) in [6, 6.07) is 19.3. The number of nitrogens with zero attached hydrogens (tertiary/aromatic N) is 1. The summed E-state index contributed by atoms with van der Waals surface area (Å²) in [6.45, 7) is 9.35. The minimum absolute atomic E-state index is 0.130. The van der Waals surface area contributed by atoms with Gasteiger partial charge in [-0.15, -0.1) is 0 Å². The Hall–Kier alpha value is -3.16. The molecule has 1 atom stereocenters. The Morgan fingerprint density at radius 2 is 1.63 bits per heavy atom. The number of hydrogen-bond donors (Lipinski definition) is 2. The summed E-state index contributed by atoms with van der Waals surface area (Å²) in [6.07, 6.45) is 2.54. The first kappa shape index (κ1) is 24.9. The number of nitrogens with one attached hydrogen (secondary N) is 2. The van der Waals surface area contributed by atoms with E-state index in [0.717, 1.165) is 36.7 Å². The van der Waals surface area contributed by atoms with Crippen LogP contribution in [0.5, 0.6) is 0 Å². The lowest BCUT2D eigenvalue weighted by Gasteiger charge is -2.30. The van der Waals surface area contributed by atoms with E-state index in [9.17, 15) is 13.2 Å². The summed E-state index contributed by atoms with van der Waals surface area (Å²) in [5, 5.41) is 2.84. The number of piperidine rings is 1. The van der Waals surface area contributed by atoms with Crippen molar-refractivity contribution in [3.8, 4) is 0 Å². The van der Waals surface area contributed by atoms with Crippen molar-refractivity contribution in [3.63, 3.8) is 0 Å². The van der Waals surface area contributed by atoms with Gasteiger partial charge in [0.05, 0.1) is 4.90 Å². The second-order valence-corrected chi connectivity index (χ2v) is 11.2. The van der Waals surface area contributed by atoms with Crippen LogP contribution in [0.3, 0.4) is 0 Å². The van der Waals surface area contributed by atoms with Crippen LogP contribution >= 0.6 is 0 Å². The fourth-order valence-electron chi connectivity index (χ4n) is 4.39. The minimum Gasteiger partial charge on any atom is -0.322 e. The van der Waals surface area contributed by atoms with E-state index in [4.69, 9.17) is 0 Å². The average Bonchev–Trinajstić information content (AvgIpc) is 2.82. The number of aryl methyl sites for hydroxylation is 2. The Morgan fingerprint density at radius 3 is 2.29 bits per heavy atom. The Balaban J connectivity index is 1.36. The van der Waals surface area contributed by atoms with Crippen LogP contribution in [0.2, 0.25) is 0 Å². The summed E-state index contributed by atoms with van der Waals surface area (Å²) < 4.78 is 28.1. The number of sulfonamides is 1. The number of amides is 1. The van der Waals surface area contributed by atoms with Crippen LogP contribution in [-0.2, 0) is 16.6 Å². The maximum absolute atomic E-state index is 12.7. The molecule has 0 radical (unpaired) electrons. The summed E-state index contributed by atoms with van der Waals surface area (Å²) in [5.74, 6) is 0.504. The molecule has 7 heteroatoms. The fourth-order valence-corrected chi connectivity index (χ4v) is 5.44. The maximum atomic E-state index is 12.7. The van der Waals surface area contributed by atoms with Crippen molar-refractivity contribution in [1.29, 1.82) is 0 Å². The van der Waals surface area contributed by atoms with Crippen LogP contribution in [0, 0.1) is 19.8 Å². The summed E-state index contributed by atoms with van der Waals surface area (Å²) in [5.41, 5.74) is 4.92. The number of carbonyl (C=O) groups excluding carboxylic acids is 1. The molecule has 1 unspecified atom stereocenters. The van der Waals surface area contributed by atoms with Gasteiger partial charge in [-0.3, -0.25) is 14.4 Å². The molecule has 1 saturated heterocycles. The fraction of sp³-hybridized carbons (Fsp3) is 0.321. The van der Waals surface area contributed by atoms with Crippen molar-refractivity contribution in [2.75, 3.05) is 23.1 Å². The first-order valence-electron chi connectivity index (χ1n) is 12.0. The van der Waals surface area contributed by atoms with E-state index in [2.05, 4.69) is 21.9 Å². The molecule has 2 N–H and O–H groups in total. The predicted molar refractivity (Wildman–Crippen MR) is 141 cm³/mol. The van der Waals surface area contributed by atoms with E-state index in [1.54, 1.807) is 24.3 Å². The highest BCUT2D eigenvalue weighted by Gasteiger charge is 2.17. The molecular weight excluding hydrogens is 458 g/mol. The van der Waals surface area contributed by atoms with Crippen LogP contribution in [-0.4, -0.2) is 32.3 Å². The molecule has 4 rings (SSSR count). The molecule has 35 heavy (non-hydrogen) atoms. The predicted octanol–water partition coefficient (Wildman–Crippen LogP) is 5.59. The zero-order valence-electron chi connectivity index (χ0n) is 20.5. The molecule has 3 aromatic carbocycles. The third-order valence-electron chi connectivity index (χ3n) is 6.55. The first-order chi connectivity index (χ1) is 16.7. The largest absolute Gasteiger partial charge is 0.322 e. The van der Waals surface area contributed by atoms with Crippen molar-refractivity contribution in [2.45, 2.75) is 45.1 Å². The molecule has 1 amide bonds. The van der Waals surface area contributed by atoms with Crippen molar-refractivity contribution in [2.24, 2.45) is 5.92 Å². The lowest BCUT2D eigenvalue weighted by molar-refractivity contribution is 0.102. The number of carbonyl (C=O) groups is 1. The first-order valence-corrected chi connectivity index (χ1v) is 13.5. The zero-order valence-corrected chi connectivity index (χ0v) is 21.4. The smallest absolute Gasteiger partial charge is 0.261 e. The standard InChI is InChI=1S/C28H33N3O3S/c1-20-5-4-16-31(18-20)19-23-7-9-24(10-8-23)28(32)29-25-12-14-27(15-13-25)35(33,34)30-26-11-6-21(2)22(3)17-26/h6-15,17,20,30H,4-5,16,18-19H2,1-3H3,(H,29,32). The van der Waals surface area contributed by atoms with Gasteiger partial charge in [0, 0.05) is 30.0 Å². The highest BCUT2D eigenvalue weighted by molar-refractivity contribution is 7.92. The third kappa shape index (κ3) is 6.50. The van der Waals surface area contributed by atoms with Crippen LogP contribution in [0.4, 0.5) is 11.4 Å². The lowest BCUT2D eigenvalue weighted by atomic mass is 9.99. The van der Waals surface area contributed by atoms with Gasteiger partial charge in [0.1, 0.15) is 0 Å². The Bertz CT molecular complexity index is 1290. The molecule has 184 valence electrons. The monoisotopic (exact) mass is 491 g/mol. The zero-order chi connectivity index (χ0) is 25.0. The van der Waals surface area contributed by atoms with Gasteiger partial charge < -0.3 is 5.32 Å². The van der Waals surface area contributed by atoms with Crippen LogP contribution in [0.25, 0.3) is 0 Å². The van der Waals surface area contributed by atoms with E-state index in [1.807, 2.05) is 44.2 Å². The van der Waals surface area contributed by atoms with Gasteiger partial charge in [0.15, 0.2) is 0 Å². The van der Waals surface area contributed by atoms with Crippen LogP contribution in [0.15, 0.2) is 71.6 Å². The van der Waals surface area contributed by atoms with Crippen molar-refractivity contribution < 1.29 is 13.2 Å². The number of benzene rings is 3. The van der Waals surface area contributed by atoms with Crippen LogP contribution < -0.4 is 10.0 Å². The van der Waals surface area contributed by atoms with Crippen molar-refractivity contribution in [1.82, 2.24) is 4.90 Å². The van der Waals surface area contributed by atoms with Gasteiger partial charge >= 0.3 is 0 Å². The number of rotatable bonds is 7. The van der Waals surface area contributed by atoms with Crippen LogP contribution in [0.1, 0.15) is 46.8 Å². The maximum Gasteiger partial charge on any atom is 0.261 e. The molecular formula is C28H33N3O3S. The molecule has 0 spiro atoms. The Labute approximate surface area is 208 Å². The molecule has 1 fully saturated rings. The van der Waals surface area contributed by atoms with E-state index in [0.29, 0.717) is 16.9 Å². The SMILES string of the molecule is Cc1ccc(NS(=O)(=O)c2ccc(NC(=O)c3ccc(CN4CCCC(C)C4)cc3)cc2)cc1C. The van der Waals surface area contributed by atoms with E-state index in [1.165, 1.54) is 30.5 Å². The number of anilines is 2. The van der Waals surface area contributed by atoms with Gasteiger partial charge in [0.25, 0.3) is 15.9 Å². The Morgan fingerprint density at radius 1 is 0.943 bits per heavy atom. The summed E-state index contributed by atoms with van der Waals surface area (Å²) >= 11 is 0. The van der Waals surface area contributed by atoms with E-state index >= 15 is 0 Å².